The third kappa shape index (κ3) is 3.86. The number of fused-ring (bicyclic) bond motifs is 1. The maximum Gasteiger partial charge on any atom is 0.251 e. The highest BCUT2D eigenvalue weighted by Gasteiger charge is 2.13. The highest BCUT2D eigenvalue weighted by atomic mass is 16.1. The van der Waals surface area contributed by atoms with E-state index < -0.39 is 0 Å². The summed E-state index contributed by atoms with van der Waals surface area (Å²) in [4.78, 5) is 25.2. The van der Waals surface area contributed by atoms with Crippen LogP contribution in [0.3, 0.4) is 0 Å². The van der Waals surface area contributed by atoms with Crippen LogP contribution in [0.4, 0.5) is 5.69 Å². The summed E-state index contributed by atoms with van der Waals surface area (Å²) < 4.78 is 1.73. The summed E-state index contributed by atoms with van der Waals surface area (Å²) in [5.41, 5.74) is 8.20. The number of amides is 1. The molecule has 28 heavy (non-hydrogen) atoms. The molecule has 4 nitrogen and oxygen atoms in total. The van der Waals surface area contributed by atoms with Gasteiger partial charge in [0.1, 0.15) is 0 Å². The number of nitrogens with zero attached hydrogens (tertiary/aromatic N) is 1. The van der Waals surface area contributed by atoms with E-state index in [1.165, 1.54) is 11.1 Å². The van der Waals surface area contributed by atoms with E-state index in [-0.39, 0.29) is 17.9 Å². The third-order valence-corrected chi connectivity index (χ3v) is 5.25. The monoisotopic (exact) mass is 376 g/mol. The topological polar surface area (TPSA) is 51.1 Å². The van der Waals surface area contributed by atoms with E-state index >= 15 is 0 Å². The third-order valence-electron chi connectivity index (χ3n) is 5.25. The molecule has 0 fully saturated rings. The van der Waals surface area contributed by atoms with E-state index in [1.807, 2.05) is 34.6 Å². The van der Waals surface area contributed by atoms with Gasteiger partial charge in [-0.2, -0.15) is 0 Å². The van der Waals surface area contributed by atoms with Crippen LogP contribution in [0.2, 0.25) is 0 Å². The minimum atomic E-state index is -0.0829. The number of nitrogens with one attached hydrogen (secondary N) is 1. The van der Waals surface area contributed by atoms with Gasteiger partial charge in [-0.05, 0) is 69.9 Å². The van der Waals surface area contributed by atoms with E-state index in [2.05, 4.69) is 36.5 Å². The van der Waals surface area contributed by atoms with Gasteiger partial charge in [-0.3, -0.25) is 9.59 Å². The number of aryl methyl sites for hydroxylation is 7. The molecule has 0 unspecified atom stereocenters. The fraction of sp³-hybridized carbons (Fsp3) is 0.333. The zero-order chi connectivity index (χ0) is 20.6. The molecule has 146 valence electrons. The summed E-state index contributed by atoms with van der Waals surface area (Å²) >= 11 is 0. The first-order valence-corrected chi connectivity index (χ1v) is 9.66. The van der Waals surface area contributed by atoms with Gasteiger partial charge in [-0.25, -0.2) is 0 Å². The molecule has 1 N–H and O–H groups in total. The second-order valence-electron chi connectivity index (χ2n) is 7.87. The Morgan fingerprint density at radius 2 is 1.39 bits per heavy atom. The molecule has 0 saturated carbocycles. The van der Waals surface area contributed by atoms with E-state index in [0.717, 1.165) is 38.8 Å². The van der Waals surface area contributed by atoms with Gasteiger partial charge >= 0.3 is 0 Å². The number of carbonyl (C=O) groups is 1. The first-order chi connectivity index (χ1) is 13.2. The molecule has 0 aliphatic carbocycles. The van der Waals surface area contributed by atoms with Crippen molar-refractivity contribution in [3.63, 3.8) is 0 Å². The average molecular weight is 377 g/mol. The van der Waals surface area contributed by atoms with Crippen molar-refractivity contribution in [1.29, 1.82) is 0 Å². The van der Waals surface area contributed by atoms with Gasteiger partial charge in [0.2, 0.25) is 5.91 Å². The van der Waals surface area contributed by atoms with Crippen molar-refractivity contribution < 1.29 is 4.79 Å². The summed E-state index contributed by atoms with van der Waals surface area (Å²) in [7, 11) is 0. The van der Waals surface area contributed by atoms with E-state index in [4.69, 9.17) is 0 Å². The summed E-state index contributed by atoms with van der Waals surface area (Å²) in [6, 6.07) is 9.97. The maximum atomic E-state index is 12.6. The van der Waals surface area contributed by atoms with E-state index in [9.17, 15) is 9.59 Å². The Morgan fingerprint density at radius 3 is 2.04 bits per heavy atom. The SMILES string of the molecule is Cc1cc(C)c(NC(=O)CCn2c(=O)cc(C)c3cc(C)cc(C)c32)c(C)c1. The molecule has 0 aliphatic heterocycles. The number of anilines is 1. The summed E-state index contributed by atoms with van der Waals surface area (Å²) in [5.74, 6) is -0.0829. The molecule has 1 amide bonds. The van der Waals surface area contributed by atoms with Gasteiger partial charge in [-0.1, -0.05) is 29.3 Å². The Labute approximate surface area is 166 Å². The van der Waals surface area contributed by atoms with Crippen LogP contribution in [-0.2, 0) is 11.3 Å². The van der Waals surface area contributed by atoms with Crippen LogP contribution >= 0.6 is 0 Å². The quantitative estimate of drug-likeness (QED) is 0.705. The highest BCUT2D eigenvalue weighted by molar-refractivity contribution is 5.92. The van der Waals surface area contributed by atoms with Crippen molar-refractivity contribution in [3.05, 3.63) is 74.1 Å². The Hall–Kier alpha value is -2.88. The number of aromatic nitrogens is 1. The number of hydrogen-bond acceptors (Lipinski definition) is 2. The van der Waals surface area contributed by atoms with Crippen molar-refractivity contribution in [1.82, 2.24) is 4.57 Å². The average Bonchev–Trinajstić information content (AvgIpc) is 2.58. The Kier molecular flexibility index (Phi) is 5.41. The molecule has 0 spiro atoms. The predicted octanol–water partition coefficient (Wildman–Crippen LogP) is 4.88. The van der Waals surface area contributed by atoms with Crippen LogP contribution in [0.15, 0.2) is 35.1 Å². The Bertz CT molecular complexity index is 1120. The summed E-state index contributed by atoms with van der Waals surface area (Å²) in [6.07, 6.45) is 0.248. The molecule has 3 aromatic rings. The first kappa shape index (κ1) is 19.9. The second kappa shape index (κ2) is 7.63. The van der Waals surface area contributed by atoms with Gasteiger partial charge in [0.25, 0.3) is 5.56 Å². The van der Waals surface area contributed by atoms with Gasteiger partial charge in [0.15, 0.2) is 0 Å². The lowest BCUT2D eigenvalue weighted by Crippen LogP contribution is -2.24. The van der Waals surface area contributed by atoms with Crippen LogP contribution in [0.25, 0.3) is 10.9 Å². The van der Waals surface area contributed by atoms with Crippen LogP contribution in [-0.4, -0.2) is 10.5 Å². The zero-order valence-electron chi connectivity index (χ0n) is 17.6. The number of hydrogen-bond donors (Lipinski definition) is 1. The molecule has 1 aromatic heterocycles. The van der Waals surface area contributed by atoms with Crippen molar-refractivity contribution in [2.24, 2.45) is 0 Å². The molecule has 0 aliphatic rings. The normalized spacial score (nSPS) is 11.1. The van der Waals surface area contributed by atoms with Gasteiger partial charge in [-0.15, -0.1) is 0 Å². The zero-order valence-corrected chi connectivity index (χ0v) is 17.6. The molecular formula is C24H28N2O2. The number of pyridine rings is 1. The van der Waals surface area contributed by atoms with Gasteiger partial charge < -0.3 is 9.88 Å². The van der Waals surface area contributed by atoms with Crippen molar-refractivity contribution in [2.75, 3.05) is 5.32 Å². The van der Waals surface area contributed by atoms with Gasteiger partial charge in [0, 0.05) is 30.1 Å². The molecule has 0 atom stereocenters. The molecule has 0 radical (unpaired) electrons. The van der Waals surface area contributed by atoms with E-state index in [0.29, 0.717) is 6.54 Å². The number of carbonyl (C=O) groups excluding carboxylic acids is 1. The number of benzene rings is 2. The molecule has 0 saturated heterocycles. The van der Waals surface area contributed by atoms with Crippen molar-refractivity contribution in [2.45, 2.75) is 54.5 Å². The minimum absolute atomic E-state index is 0.0625. The second-order valence-corrected chi connectivity index (χ2v) is 7.87. The largest absolute Gasteiger partial charge is 0.326 e. The molecular weight excluding hydrogens is 348 g/mol. The van der Waals surface area contributed by atoms with Crippen molar-refractivity contribution >= 4 is 22.5 Å². The van der Waals surface area contributed by atoms with Gasteiger partial charge in [0.05, 0.1) is 5.52 Å². The maximum absolute atomic E-state index is 12.6. The minimum Gasteiger partial charge on any atom is -0.326 e. The molecule has 0 bridgehead atoms. The Morgan fingerprint density at radius 1 is 0.821 bits per heavy atom. The lowest BCUT2D eigenvalue weighted by atomic mass is 10.0. The van der Waals surface area contributed by atoms with Crippen LogP contribution in [0.5, 0.6) is 0 Å². The summed E-state index contributed by atoms with van der Waals surface area (Å²) in [6.45, 7) is 12.4. The van der Waals surface area contributed by atoms with Crippen molar-refractivity contribution in [3.8, 4) is 0 Å². The smallest absolute Gasteiger partial charge is 0.251 e. The molecule has 1 heterocycles. The lowest BCUT2D eigenvalue weighted by molar-refractivity contribution is -0.116. The van der Waals surface area contributed by atoms with Crippen LogP contribution < -0.4 is 10.9 Å². The Balaban J connectivity index is 1.88. The fourth-order valence-corrected chi connectivity index (χ4v) is 4.08. The lowest BCUT2D eigenvalue weighted by Gasteiger charge is -2.16. The molecule has 2 aromatic carbocycles. The van der Waals surface area contributed by atoms with Crippen LogP contribution in [0.1, 0.15) is 39.8 Å². The standard InChI is InChI=1S/C24H28N2O2/c1-14-9-17(4)23(18(5)10-14)25-21(27)7-8-26-22(28)13-16(3)20-12-15(2)11-19(6)24(20)26/h9-13H,7-8H2,1-6H3,(H,25,27). The fourth-order valence-electron chi connectivity index (χ4n) is 4.08. The van der Waals surface area contributed by atoms with Crippen LogP contribution in [0, 0.1) is 41.5 Å². The highest BCUT2D eigenvalue weighted by Crippen LogP contribution is 2.24. The predicted molar refractivity (Wildman–Crippen MR) is 116 cm³/mol. The summed E-state index contributed by atoms with van der Waals surface area (Å²) in [5, 5.41) is 4.10. The molecule has 3 rings (SSSR count). The first-order valence-electron chi connectivity index (χ1n) is 9.66. The van der Waals surface area contributed by atoms with E-state index in [1.54, 1.807) is 10.6 Å². The number of rotatable bonds is 4. The molecule has 4 heteroatoms.